The molecule has 1 aromatic carbocycles. The zero-order chi connectivity index (χ0) is 13.9. The lowest BCUT2D eigenvalue weighted by atomic mass is 10.0. The first-order chi connectivity index (χ1) is 9.04. The summed E-state index contributed by atoms with van der Waals surface area (Å²) in [5.41, 5.74) is 0.975. The van der Waals surface area contributed by atoms with Crippen LogP contribution in [0.15, 0.2) is 23.1 Å². The zero-order valence-corrected chi connectivity index (χ0v) is 12.3. The van der Waals surface area contributed by atoms with Crippen molar-refractivity contribution in [2.75, 3.05) is 12.8 Å². The normalized spacial score (nSPS) is 17.4. The topological polar surface area (TPSA) is 49.3 Å². The number of benzene rings is 1. The Labute approximate surface area is 118 Å². The molecule has 1 aliphatic rings. The molecule has 1 aromatic rings. The second-order valence-electron chi connectivity index (χ2n) is 5.29. The first-order valence-electron chi connectivity index (χ1n) is 6.69. The molecule has 1 aliphatic carbocycles. The van der Waals surface area contributed by atoms with Crippen molar-refractivity contribution < 1.29 is 9.90 Å². The van der Waals surface area contributed by atoms with E-state index in [1.807, 2.05) is 31.4 Å². The Morgan fingerprint density at radius 3 is 2.74 bits per heavy atom. The molecule has 4 heteroatoms. The molecule has 0 bridgehead atoms. The van der Waals surface area contributed by atoms with Crippen LogP contribution in [0.1, 0.15) is 41.6 Å². The van der Waals surface area contributed by atoms with Crippen molar-refractivity contribution in [1.82, 2.24) is 5.32 Å². The summed E-state index contributed by atoms with van der Waals surface area (Å²) in [6.45, 7) is 2.29. The van der Waals surface area contributed by atoms with Gasteiger partial charge in [-0.3, -0.25) is 4.79 Å². The largest absolute Gasteiger partial charge is 0.388 e. The molecular formula is C15H21NO2S. The smallest absolute Gasteiger partial charge is 0.251 e. The molecule has 0 spiro atoms. The minimum absolute atomic E-state index is 0.0891. The van der Waals surface area contributed by atoms with E-state index >= 15 is 0 Å². The number of hydrogen-bond acceptors (Lipinski definition) is 3. The van der Waals surface area contributed by atoms with Gasteiger partial charge >= 0.3 is 0 Å². The van der Waals surface area contributed by atoms with E-state index in [0.29, 0.717) is 12.1 Å². The molecule has 3 nitrogen and oxygen atoms in total. The van der Waals surface area contributed by atoms with Gasteiger partial charge in [0, 0.05) is 17.0 Å². The Balaban J connectivity index is 2.03. The van der Waals surface area contributed by atoms with Crippen LogP contribution in [0.25, 0.3) is 0 Å². The summed E-state index contributed by atoms with van der Waals surface area (Å²) in [5.74, 6) is -0.0891. The highest BCUT2D eigenvalue weighted by Crippen LogP contribution is 2.28. The van der Waals surface area contributed by atoms with Gasteiger partial charge in [0.25, 0.3) is 5.91 Å². The van der Waals surface area contributed by atoms with Crippen LogP contribution in [0.4, 0.5) is 0 Å². The molecule has 0 atom stereocenters. The molecule has 0 saturated heterocycles. The molecule has 0 unspecified atom stereocenters. The van der Waals surface area contributed by atoms with Crippen LogP contribution in [-0.4, -0.2) is 29.4 Å². The predicted molar refractivity (Wildman–Crippen MR) is 78.7 cm³/mol. The summed E-state index contributed by atoms with van der Waals surface area (Å²) in [7, 11) is 0. The number of carbonyl (C=O) groups is 1. The molecule has 0 radical (unpaired) electrons. The van der Waals surface area contributed by atoms with Crippen molar-refractivity contribution in [3.8, 4) is 0 Å². The lowest BCUT2D eigenvalue weighted by Gasteiger charge is -2.22. The summed E-state index contributed by atoms with van der Waals surface area (Å²) in [6, 6.07) is 5.89. The Hall–Kier alpha value is -1.00. The van der Waals surface area contributed by atoms with Gasteiger partial charge in [-0.2, -0.15) is 0 Å². The monoisotopic (exact) mass is 279 g/mol. The fourth-order valence-corrected chi connectivity index (χ4v) is 2.96. The Morgan fingerprint density at radius 1 is 1.42 bits per heavy atom. The SMILES string of the molecule is CSc1ccc(C)c(C(=O)NCC2(O)CCCC2)c1. The van der Waals surface area contributed by atoms with Gasteiger partial charge in [0.1, 0.15) is 0 Å². The molecule has 2 rings (SSSR count). The summed E-state index contributed by atoms with van der Waals surface area (Å²) >= 11 is 1.62. The maximum Gasteiger partial charge on any atom is 0.251 e. The van der Waals surface area contributed by atoms with E-state index < -0.39 is 5.60 Å². The van der Waals surface area contributed by atoms with Crippen LogP contribution in [0, 0.1) is 6.92 Å². The van der Waals surface area contributed by atoms with Crippen LogP contribution < -0.4 is 5.32 Å². The Morgan fingerprint density at radius 2 is 2.11 bits per heavy atom. The highest BCUT2D eigenvalue weighted by Gasteiger charge is 2.31. The number of hydrogen-bond donors (Lipinski definition) is 2. The van der Waals surface area contributed by atoms with E-state index in [0.717, 1.165) is 36.1 Å². The summed E-state index contributed by atoms with van der Waals surface area (Å²) in [4.78, 5) is 13.3. The zero-order valence-electron chi connectivity index (χ0n) is 11.5. The molecular weight excluding hydrogens is 258 g/mol. The highest BCUT2D eigenvalue weighted by atomic mass is 32.2. The van der Waals surface area contributed by atoms with Gasteiger partial charge in [-0.05, 0) is 43.7 Å². The van der Waals surface area contributed by atoms with Gasteiger partial charge in [-0.15, -0.1) is 11.8 Å². The van der Waals surface area contributed by atoms with Gasteiger partial charge in [0.05, 0.1) is 5.60 Å². The number of aliphatic hydroxyl groups is 1. The van der Waals surface area contributed by atoms with Gasteiger partial charge < -0.3 is 10.4 Å². The number of carbonyl (C=O) groups excluding carboxylic acids is 1. The lowest BCUT2D eigenvalue weighted by Crippen LogP contribution is -2.40. The van der Waals surface area contributed by atoms with Crippen molar-refractivity contribution in [2.45, 2.75) is 43.1 Å². The molecule has 0 aromatic heterocycles. The van der Waals surface area contributed by atoms with Gasteiger partial charge in [0.2, 0.25) is 0 Å². The number of aryl methyl sites for hydroxylation is 1. The summed E-state index contributed by atoms with van der Waals surface area (Å²) in [6.07, 6.45) is 5.67. The number of rotatable bonds is 4. The number of nitrogens with one attached hydrogen (secondary N) is 1. The molecule has 0 heterocycles. The van der Waals surface area contributed by atoms with Crippen LogP contribution in [0.2, 0.25) is 0 Å². The summed E-state index contributed by atoms with van der Waals surface area (Å²) < 4.78 is 0. The molecule has 1 amide bonds. The number of amides is 1. The third-order valence-electron chi connectivity index (χ3n) is 3.80. The standard InChI is InChI=1S/C15H21NO2S/c1-11-5-6-12(19-2)9-13(11)14(17)16-10-15(18)7-3-4-8-15/h5-6,9,18H,3-4,7-8,10H2,1-2H3,(H,16,17). The van der Waals surface area contributed by atoms with Gasteiger partial charge in [0.15, 0.2) is 0 Å². The van der Waals surface area contributed by atoms with Crippen LogP contribution in [0.5, 0.6) is 0 Å². The average Bonchev–Trinajstić information content (AvgIpc) is 2.84. The third kappa shape index (κ3) is 3.51. The fourth-order valence-electron chi connectivity index (χ4n) is 2.52. The quantitative estimate of drug-likeness (QED) is 0.833. The Bertz CT molecular complexity index is 467. The van der Waals surface area contributed by atoms with Crippen molar-refractivity contribution in [2.24, 2.45) is 0 Å². The van der Waals surface area contributed by atoms with E-state index in [1.165, 1.54) is 0 Å². The summed E-state index contributed by atoms with van der Waals surface area (Å²) in [5, 5.41) is 13.1. The predicted octanol–water partition coefficient (Wildman–Crippen LogP) is 2.75. The van der Waals surface area contributed by atoms with Crippen molar-refractivity contribution in [3.63, 3.8) is 0 Å². The molecule has 1 saturated carbocycles. The third-order valence-corrected chi connectivity index (χ3v) is 4.53. The second-order valence-corrected chi connectivity index (χ2v) is 6.17. The highest BCUT2D eigenvalue weighted by molar-refractivity contribution is 7.98. The van der Waals surface area contributed by atoms with Crippen LogP contribution in [0.3, 0.4) is 0 Å². The number of thioether (sulfide) groups is 1. The fraction of sp³-hybridized carbons (Fsp3) is 0.533. The van der Waals surface area contributed by atoms with Gasteiger partial charge in [-0.25, -0.2) is 0 Å². The van der Waals surface area contributed by atoms with Gasteiger partial charge in [-0.1, -0.05) is 18.9 Å². The van der Waals surface area contributed by atoms with E-state index in [1.54, 1.807) is 11.8 Å². The van der Waals surface area contributed by atoms with E-state index in [-0.39, 0.29) is 5.91 Å². The van der Waals surface area contributed by atoms with Crippen LogP contribution >= 0.6 is 11.8 Å². The molecule has 19 heavy (non-hydrogen) atoms. The van der Waals surface area contributed by atoms with Crippen molar-refractivity contribution in [3.05, 3.63) is 29.3 Å². The average molecular weight is 279 g/mol. The first-order valence-corrected chi connectivity index (χ1v) is 7.92. The van der Waals surface area contributed by atoms with E-state index in [4.69, 9.17) is 0 Å². The van der Waals surface area contributed by atoms with E-state index in [9.17, 15) is 9.90 Å². The molecule has 2 N–H and O–H groups in total. The maximum absolute atomic E-state index is 12.2. The lowest BCUT2D eigenvalue weighted by molar-refractivity contribution is 0.0449. The minimum atomic E-state index is -0.694. The maximum atomic E-state index is 12.2. The minimum Gasteiger partial charge on any atom is -0.388 e. The molecule has 1 fully saturated rings. The second kappa shape index (κ2) is 5.97. The van der Waals surface area contributed by atoms with Crippen LogP contribution in [-0.2, 0) is 0 Å². The Kier molecular flexibility index (Phi) is 4.53. The van der Waals surface area contributed by atoms with Crippen molar-refractivity contribution in [1.29, 1.82) is 0 Å². The van der Waals surface area contributed by atoms with Crippen molar-refractivity contribution >= 4 is 17.7 Å². The van der Waals surface area contributed by atoms with E-state index in [2.05, 4.69) is 5.32 Å². The molecule has 104 valence electrons. The molecule has 0 aliphatic heterocycles. The first kappa shape index (κ1) is 14.4.